The van der Waals surface area contributed by atoms with E-state index in [1.165, 1.54) is 0 Å². The third-order valence-electron chi connectivity index (χ3n) is 3.10. The Balaban J connectivity index is 2.47. The van der Waals surface area contributed by atoms with Crippen molar-refractivity contribution in [2.45, 2.75) is 18.8 Å². The molecular formula is C15H8F6O4. The summed E-state index contributed by atoms with van der Waals surface area (Å²) in [6.45, 7) is 0. The highest BCUT2D eigenvalue weighted by Gasteiger charge is 2.40. The number of halogens is 6. The van der Waals surface area contributed by atoms with Crippen LogP contribution in [0.3, 0.4) is 0 Å². The van der Waals surface area contributed by atoms with Gasteiger partial charge in [0.15, 0.2) is 5.78 Å². The smallest absolute Gasteiger partial charge is 0.450 e. The molecule has 0 fully saturated rings. The van der Waals surface area contributed by atoms with Crippen molar-refractivity contribution in [2.75, 3.05) is 0 Å². The van der Waals surface area contributed by atoms with Crippen molar-refractivity contribution in [1.29, 1.82) is 0 Å². The first-order valence-electron chi connectivity index (χ1n) is 6.53. The van der Waals surface area contributed by atoms with Crippen LogP contribution in [0.25, 0.3) is 11.3 Å². The van der Waals surface area contributed by atoms with Crippen LogP contribution in [0.2, 0.25) is 0 Å². The molecule has 0 saturated heterocycles. The number of hydrogen-bond acceptors (Lipinski definition) is 3. The van der Waals surface area contributed by atoms with E-state index in [-0.39, 0.29) is 5.56 Å². The summed E-state index contributed by atoms with van der Waals surface area (Å²) in [5.74, 6) is -5.17. The number of carboxylic acid groups (broad SMARTS) is 1. The van der Waals surface area contributed by atoms with Gasteiger partial charge in [0.2, 0.25) is 5.76 Å². The average molecular weight is 366 g/mol. The largest absolute Gasteiger partial charge is 0.481 e. The Labute approximate surface area is 135 Å². The fourth-order valence-corrected chi connectivity index (χ4v) is 2.01. The molecule has 2 rings (SSSR count). The summed E-state index contributed by atoms with van der Waals surface area (Å²) >= 11 is 0. The second kappa shape index (κ2) is 6.26. The van der Waals surface area contributed by atoms with E-state index in [0.717, 1.165) is 12.1 Å². The van der Waals surface area contributed by atoms with Crippen LogP contribution in [0.15, 0.2) is 34.7 Å². The normalized spacial score (nSPS) is 12.2. The van der Waals surface area contributed by atoms with Crippen LogP contribution in [0.1, 0.15) is 28.1 Å². The molecule has 1 N–H and O–H groups in total. The van der Waals surface area contributed by atoms with E-state index in [1.54, 1.807) is 0 Å². The molecule has 134 valence electrons. The van der Waals surface area contributed by atoms with Gasteiger partial charge in [0.05, 0.1) is 11.1 Å². The fraction of sp³-hybridized carbons (Fsp3) is 0.200. The minimum Gasteiger partial charge on any atom is -0.481 e. The number of ketones is 1. The van der Waals surface area contributed by atoms with E-state index in [0.29, 0.717) is 18.2 Å². The maximum atomic E-state index is 13.0. The Hall–Kier alpha value is -2.78. The Kier molecular flexibility index (Phi) is 4.65. The highest BCUT2D eigenvalue weighted by Crippen LogP contribution is 2.38. The maximum Gasteiger partial charge on any atom is 0.450 e. The zero-order valence-corrected chi connectivity index (χ0v) is 12.0. The average Bonchev–Trinajstić information content (AvgIpc) is 2.91. The molecule has 0 aliphatic carbocycles. The Morgan fingerprint density at radius 3 is 1.96 bits per heavy atom. The van der Waals surface area contributed by atoms with E-state index in [2.05, 4.69) is 4.42 Å². The number of carboxylic acids is 1. The van der Waals surface area contributed by atoms with Gasteiger partial charge in [-0.05, 0) is 18.2 Å². The number of rotatable bonds is 4. The van der Waals surface area contributed by atoms with Crippen LogP contribution in [-0.2, 0) is 17.1 Å². The number of furan rings is 1. The van der Waals surface area contributed by atoms with Gasteiger partial charge < -0.3 is 9.52 Å². The summed E-state index contributed by atoms with van der Waals surface area (Å²) in [7, 11) is 0. The predicted molar refractivity (Wildman–Crippen MR) is 70.7 cm³/mol. The molecule has 0 radical (unpaired) electrons. The van der Waals surface area contributed by atoms with E-state index in [4.69, 9.17) is 5.11 Å². The molecule has 0 aliphatic rings. The van der Waals surface area contributed by atoms with E-state index in [1.807, 2.05) is 0 Å². The van der Waals surface area contributed by atoms with E-state index in [9.17, 15) is 35.9 Å². The highest BCUT2D eigenvalue weighted by atomic mass is 19.4. The van der Waals surface area contributed by atoms with Gasteiger partial charge in [-0.15, -0.1) is 0 Å². The summed E-state index contributed by atoms with van der Waals surface area (Å²) in [6.07, 6.45) is -10.9. The zero-order chi connectivity index (χ0) is 19.0. The molecule has 4 nitrogen and oxygen atoms in total. The van der Waals surface area contributed by atoms with Crippen LogP contribution < -0.4 is 0 Å². The van der Waals surface area contributed by atoms with Crippen LogP contribution in [0.5, 0.6) is 0 Å². The number of aliphatic carboxylic acids is 1. The van der Waals surface area contributed by atoms with Crippen molar-refractivity contribution >= 4 is 11.8 Å². The summed E-state index contributed by atoms with van der Waals surface area (Å²) in [6, 6.07) is 3.71. The predicted octanol–water partition coefficient (Wildman–Crippen LogP) is 4.64. The maximum absolute atomic E-state index is 13.0. The van der Waals surface area contributed by atoms with Gasteiger partial charge in [0.1, 0.15) is 12.2 Å². The molecule has 2 aromatic rings. The third-order valence-corrected chi connectivity index (χ3v) is 3.10. The highest BCUT2D eigenvalue weighted by molar-refractivity contribution is 6.06. The molecule has 0 aliphatic heterocycles. The van der Waals surface area contributed by atoms with Gasteiger partial charge >= 0.3 is 18.3 Å². The number of alkyl halides is 6. The standard InChI is InChI=1S/C15H8F6O4/c16-14(17,18)8-3-1-7(2-4-8)11-5-9(10(22)6-12(23)24)13(25-11)15(19,20)21/h1-5H,6H2,(H,23,24). The zero-order valence-electron chi connectivity index (χ0n) is 12.0. The number of carbonyl (C=O) groups is 2. The van der Waals surface area contributed by atoms with Crippen molar-refractivity contribution in [2.24, 2.45) is 0 Å². The fourth-order valence-electron chi connectivity index (χ4n) is 2.01. The molecule has 0 bridgehead atoms. The van der Waals surface area contributed by atoms with Crippen LogP contribution in [0.4, 0.5) is 26.3 Å². The van der Waals surface area contributed by atoms with Crippen molar-refractivity contribution in [3.63, 3.8) is 0 Å². The van der Waals surface area contributed by atoms with Crippen molar-refractivity contribution in [3.8, 4) is 11.3 Å². The lowest BCUT2D eigenvalue weighted by Gasteiger charge is -2.06. The molecule has 25 heavy (non-hydrogen) atoms. The number of benzene rings is 1. The number of Topliss-reactive ketones (excluding diaryl/α,β-unsaturated/α-hetero) is 1. The van der Waals surface area contributed by atoms with Gasteiger partial charge in [-0.1, -0.05) is 12.1 Å². The van der Waals surface area contributed by atoms with Crippen molar-refractivity contribution in [1.82, 2.24) is 0 Å². The molecule has 0 unspecified atom stereocenters. The van der Waals surface area contributed by atoms with E-state index < -0.39 is 53.2 Å². The Bertz CT molecular complexity index is 799. The molecule has 1 aromatic heterocycles. The lowest BCUT2D eigenvalue weighted by molar-refractivity contribution is -0.153. The second-order valence-corrected chi connectivity index (χ2v) is 4.92. The van der Waals surface area contributed by atoms with Crippen LogP contribution >= 0.6 is 0 Å². The molecule has 1 heterocycles. The topological polar surface area (TPSA) is 67.5 Å². The SMILES string of the molecule is O=C(O)CC(=O)c1cc(-c2ccc(C(F)(F)F)cc2)oc1C(F)(F)F. The summed E-state index contributed by atoms with van der Waals surface area (Å²) in [5.41, 5.74) is -2.14. The molecule has 0 amide bonds. The quantitative estimate of drug-likeness (QED) is 0.486. The molecule has 1 aromatic carbocycles. The Morgan fingerprint density at radius 1 is 0.960 bits per heavy atom. The first kappa shape index (κ1) is 18.6. The van der Waals surface area contributed by atoms with Crippen molar-refractivity contribution < 1.29 is 45.5 Å². The van der Waals surface area contributed by atoms with Crippen molar-refractivity contribution in [3.05, 3.63) is 47.2 Å². The third kappa shape index (κ3) is 4.20. The van der Waals surface area contributed by atoms with Crippen LogP contribution in [0, 0.1) is 0 Å². The molecule has 0 atom stereocenters. The summed E-state index contributed by atoms with van der Waals surface area (Å²) < 4.78 is 80.9. The van der Waals surface area contributed by atoms with Crippen LogP contribution in [-0.4, -0.2) is 16.9 Å². The number of hydrogen-bond donors (Lipinski definition) is 1. The molecule has 0 spiro atoms. The summed E-state index contributed by atoms with van der Waals surface area (Å²) in [5, 5.41) is 8.53. The van der Waals surface area contributed by atoms with Gasteiger partial charge in [-0.2, -0.15) is 26.3 Å². The summed E-state index contributed by atoms with van der Waals surface area (Å²) in [4.78, 5) is 22.2. The van der Waals surface area contributed by atoms with Gasteiger partial charge in [-0.3, -0.25) is 9.59 Å². The van der Waals surface area contributed by atoms with Gasteiger partial charge in [0.25, 0.3) is 0 Å². The Morgan fingerprint density at radius 2 is 1.52 bits per heavy atom. The minimum absolute atomic E-state index is 0.132. The first-order chi connectivity index (χ1) is 11.4. The molecule has 10 heteroatoms. The van der Waals surface area contributed by atoms with E-state index >= 15 is 0 Å². The second-order valence-electron chi connectivity index (χ2n) is 4.92. The lowest BCUT2D eigenvalue weighted by Crippen LogP contribution is -2.13. The number of carbonyl (C=O) groups excluding carboxylic acids is 1. The van der Waals surface area contributed by atoms with Gasteiger partial charge in [0, 0.05) is 5.56 Å². The monoisotopic (exact) mass is 366 g/mol. The lowest BCUT2D eigenvalue weighted by atomic mass is 10.1. The van der Waals surface area contributed by atoms with Gasteiger partial charge in [-0.25, -0.2) is 0 Å². The first-order valence-corrected chi connectivity index (χ1v) is 6.53. The minimum atomic E-state index is -5.08. The molecular weight excluding hydrogens is 358 g/mol. The molecule has 0 saturated carbocycles.